The summed E-state index contributed by atoms with van der Waals surface area (Å²) in [6, 6.07) is 9.21. The number of Topliss-reactive ketones (excluding diaryl/α,β-unsaturated/α-hetero) is 2. The topological polar surface area (TPSA) is 67.5 Å². The Morgan fingerprint density at radius 2 is 1.82 bits per heavy atom. The van der Waals surface area contributed by atoms with Gasteiger partial charge in [-0.05, 0) is 24.3 Å². The van der Waals surface area contributed by atoms with Crippen molar-refractivity contribution in [3.05, 3.63) is 54.0 Å². The molecule has 0 saturated carbocycles. The third-order valence-corrected chi connectivity index (χ3v) is 2.32. The fraction of sp³-hybridized carbons (Fsp3) is 0.0769. The predicted molar refractivity (Wildman–Crippen MR) is 60.1 cm³/mol. The summed E-state index contributed by atoms with van der Waals surface area (Å²) >= 11 is 0. The minimum absolute atomic E-state index is 0.121. The molecule has 0 bridgehead atoms. The lowest BCUT2D eigenvalue weighted by Gasteiger charge is -2.01. The molecule has 4 nitrogen and oxygen atoms in total. The highest BCUT2D eigenvalue weighted by molar-refractivity contribution is 6.13. The maximum Gasteiger partial charge on any atom is 0.205 e. The van der Waals surface area contributed by atoms with E-state index >= 15 is 0 Å². The van der Waals surface area contributed by atoms with E-state index in [2.05, 4.69) is 0 Å². The summed E-state index contributed by atoms with van der Waals surface area (Å²) in [5, 5.41) is 9.47. The first kappa shape index (κ1) is 11.1. The first-order chi connectivity index (χ1) is 8.18. The Balaban J connectivity index is 2.13. The molecule has 0 saturated heterocycles. The van der Waals surface area contributed by atoms with E-state index in [1.165, 1.54) is 24.5 Å². The largest absolute Gasteiger partial charge is 0.507 e. The lowest BCUT2D eigenvalue weighted by atomic mass is 10.0. The summed E-state index contributed by atoms with van der Waals surface area (Å²) < 4.78 is 4.90. The minimum Gasteiger partial charge on any atom is -0.507 e. The molecule has 86 valence electrons. The molecule has 1 N–H and O–H groups in total. The Kier molecular flexibility index (Phi) is 3.05. The number of hydrogen-bond acceptors (Lipinski definition) is 4. The average Bonchev–Trinajstić information content (AvgIpc) is 2.82. The lowest BCUT2D eigenvalue weighted by Crippen LogP contribution is -2.08. The van der Waals surface area contributed by atoms with Gasteiger partial charge in [0, 0.05) is 0 Å². The molecule has 2 aromatic rings. The number of carbonyl (C=O) groups excluding carboxylic acids is 2. The lowest BCUT2D eigenvalue weighted by molar-refractivity contribution is 0.0877. The molecule has 4 heteroatoms. The number of benzene rings is 1. The fourth-order valence-corrected chi connectivity index (χ4v) is 1.47. The zero-order valence-electron chi connectivity index (χ0n) is 8.92. The third-order valence-electron chi connectivity index (χ3n) is 2.32. The summed E-state index contributed by atoms with van der Waals surface area (Å²) in [7, 11) is 0. The van der Waals surface area contributed by atoms with Crippen molar-refractivity contribution in [1.82, 2.24) is 0 Å². The number of phenolic OH excluding ortho intramolecular Hbond substituents is 1. The van der Waals surface area contributed by atoms with E-state index in [0.29, 0.717) is 0 Å². The van der Waals surface area contributed by atoms with Gasteiger partial charge in [-0.2, -0.15) is 0 Å². The standard InChI is InChI=1S/C13H10O4/c14-10-5-2-1-4-9(10)11(15)8-12(16)13-6-3-7-17-13/h1-7,14H,8H2. The number of aromatic hydroxyl groups is 1. The Morgan fingerprint density at radius 1 is 1.06 bits per heavy atom. The molecule has 0 aliphatic carbocycles. The van der Waals surface area contributed by atoms with E-state index in [1.54, 1.807) is 18.2 Å². The summed E-state index contributed by atoms with van der Waals surface area (Å²) in [5.41, 5.74) is 0.146. The molecule has 0 aliphatic rings. The van der Waals surface area contributed by atoms with Crippen molar-refractivity contribution in [3.8, 4) is 5.75 Å². The zero-order chi connectivity index (χ0) is 12.3. The monoisotopic (exact) mass is 230 g/mol. The highest BCUT2D eigenvalue weighted by atomic mass is 16.3. The van der Waals surface area contributed by atoms with E-state index in [1.807, 2.05) is 0 Å². The number of carbonyl (C=O) groups is 2. The second kappa shape index (κ2) is 4.65. The number of para-hydroxylation sites is 1. The van der Waals surface area contributed by atoms with Crippen molar-refractivity contribution >= 4 is 11.6 Å². The van der Waals surface area contributed by atoms with E-state index in [9.17, 15) is 14.7 Å². The van der Waals surface area contributed by atoms with Crippen LogP contribution in [0.25, 0.3) is 0 Å². The van der Waals surface area contributed by atoms with E-state index < -0.39 is 11.6 Å². The van der Waals surface area contributed by atoms with Crippen LogP contribution in [0.5, 0.6) is 5.75 Å². The maximum absolute atomic E-state index is 11.7. The van der Waals surface area contributed by atoms with Crippen LogP contribution < -0.4 is 0 Å². The Morgan fingerprint density at radius 3 is 2.47 bits per heavy atom. The highest BCUT2D eigenvalue weighted by Gasteiger charge is 2.17. The highest BCUT2D eigenvalue weighted by Crippen LogP contribution is 2.18. The summed E-state index contributed by atoms with van der Waals surface area (Å²) in [4.78, 5) is 23.4. The SMILES string of the molecule is O=C(CC(=O)c1ccccc1O)c1ccco1. The first-order valence-corrected chi connectivity index (χ1v) is 5.06. The van der Waals surface area contributed by atoms with Gasteiger partial charge in [0.25, 0.3) is 0 Å². The van der Waals surface area contributed by atoms with Crippen LogP contribution in [0.3, 0.4) is 0 Å². The van der Waals surface area contributed by atoms with Gasteiger partial charge in [0.2, 0.25) is 5.78 Å². The van der Waals surface area contributed by atoms with Crippen LogP contribution in [-0.4, -0.2) is 16.7 Å². The van der Waals surface area contributed by atoms with Gasteiger partial charge < -0.3 is 9.52 Å². The second-order valence-electron chi connectivity index (χ2n) is 3.52. The summed E-state index contributed by atoms with van der Waals surface area (Å²) in [6.45, 7) is 0. The van der Waals surface area contributed by atoms with Gasteiger partial charge in [-0.3, -0.25) is 9.59 Å². The zero-order valence-corrected chi connectivity index (χ0v) is 8.92. The molecule has 0 amide bonds. The quantitative estimate of drug-likeness (QED) is 0.647. The van der Waals surface area contributed by atoms with Crippen molar-refractivity contribution in [2.24, 2.45) is 0 Å². The van der Waals surface area contributed by atoms with E-state index in [0.717, 1.165) is 0 Å². The van der Waals surface area contributed by atoms with Crippen LogP contribution in [0.1, 0.15) is 27.3 Å². The smallest absolute Gasteiger partial charge is 0.205 e. The first-order valence-electron chi connectivity index (χ1n) is 5.06. The Hall–Kier alpha value is -2.36. The predicted octanol–water partition coefficient (Wildman–Crippen LogP) is 2.44. The number of ketones is 2. The molecule has 0 aliphatic heterocycles. The molecule has 0 fully saturated rings. The van der Waals surface area contributed by atoms with Crippen molar-refractivity contribution in [2.75, 3.05) is 0 Å². The molecule has 0 unspecified atom stereocenters. The van der Waals surface area contributed by atoms with Gasteiger partial charge in [-0.25, -0.2) is 0 Å². The number of phenols is 1. The molecule has 2 rings (SSSR count). The molecule has 0 radical (unpaired) electrons. The number of hydrogen-bond donors (Lipinski definition) is 1. The number of rotatable bonds is 4. The second-order valence-corrected chi connectivity index (χ2v) is 3.52. The normalized spacial score (nSPS) is 10.1. The molecule has 17 heavy (non-hydrogen) atoms. The molecular formula is C13H10O4. The molecule has 0 atom stereocenters. The van der Waals surface area contributed by atoms with Crippen LogP contribution in [0.2, 0.25) is 0 Å². The molecule has 1 aromatic carbocycles. The Labute approximate surface area is 97.5 Å². The van der Waals surface area contributed by atoms with Crippen molar-refractivity contribution in [2.45, 2.75) is 6.42 Å². The van der Waals surface area contributed by atoms with Gasteiger partial charge in [0.15, 0.2) is 11.5 Å². The summed E-state index contributed by atoms with van der Waals surface area (Å²) in [5.74, 6) is -0.800. The van der Waals surface area contributed by atoms with Crippen LogP contribution in [0.4, 0.5) is 0 Å². The van der Waals surface area contributed by atoms with E-state index in [-0.39, 0.29) is 23.5 Å². The molecule has 1 aromatic heterocycles. The van der Waals surface area contributed by atoms with Crippen LogP contribution in [0, 0.1) is 0 Å². The van der Waals surface area contributed by atoms with Crippen molar-refractivity contribution in [1.29, 1.82) is 0 Å². The minimum atomic E-state index is -0.426. The number of furan rings is 1. The van der Waals surface area contributed by atoms with Crippen LogP contribution in [0.15, 0.2) is 47.1 Å². The van der Waals surface area contributed by atoms with Crippen LogP contribution >= 0.6 is 0 Å². The third kappa shape index (κ3) is 2.42. The fourth-order valence-electron chi connectivity index (χ4n) is 1.47. The van der Waals surface area contributed by atoms with Crippen LogP contribution in [-0.2, 0) is 0 Å². The average molecular weight is 230 g/mol. The molecule has 1 heterocycles. The van der Waals surface area contributed by atoms with Gasteiger partial charge in [-0.1, -0.05) is 12.1 Å². The maximum atomic E-state index is 11.7. The van der Waals surface area contributed by atoms with Gasteiger partial charge in [0.05, 0.1) is 18.2 Å². The molecule has 0 spiro atoms. The van der Waals surface area contributed by atoms with Crippen molar-refractivity contribution in [3.63, 3.8) is 0 Å². The van der Waals surface area contributed by atoms with E-state index in [4.69, 9.17) is 4.42 Å². The van der Waals surface area contributed by atoms with Gasteiger partial charge in [0.1, 0.15) is 5.75 Å². The van der Waals surface area contributed by atoms with Gasteiger partial charge in [-0.15, -0.1) is 0 Å². The van der Waals surface area contributed by atoms with Gasteiger partial charge >= 0.3 is 0 Å². The summed E-state index contributed by atoms with van der Waals surface area (Å²) in [6.07, 6.45) is 1.06. The Bertz CT molecular complexity index is 540. The van der Waals surface area contributed by atoms with Crippen molar-refractivity contribution < 1.29 is 19.1 Å². The molecular weight excluding hydrogens is 220 g/mol.